The van der Waals surface area contributed by atoms with Gasteiger partial charge in [0.05, 0.1) is 14.2 Å². The van der Waals surface area contributed by atoms with Crippen molar-refractivity contribution in [3.05, 3.63) is 23.8 Å². The molecule has 0 saturated carbocycles. The molecule has 1 radical (unpaired) electrons. The summed E-state index contributed by atoms with van der Waals surface area (Å²) in [7, 11) is 3.29. The van der Waals surface area contributed by atoms with Crippen LogP contribution in [0.5, 0.6) is 11.5 Å². The molecule has 0 aliphatic rings. The fourth-order valence-electron chi connectivity index (χ4n) is 1.59. The molecule has 0 N–H and O–H groups in total. The van der Waals surface area contributed by atoms with Crippen LogP contribution in [0.3, 0.4) is 0 Å². The quantitative estimate of drug-likeness (QED) is 0.665. The highest BCUT2D eigenvalue weighted by Crippen LogP contribution is 2.31. The van der Waals surface area contributed by atoms with Gasteiger partial charge in [-0.1, -0.05) is 0 Å². The van der Waals surface area contributed by atoms with E-state index in [1.54, 1.807) is 20.3 Å². The molecule has 0 fully saturated rings. The van der Waals surface area contributed by atoms with Crippen molar-refractivity contribution in [2.75, 3.05) is 27.4 Å². The van der Waals surface area contributed by atoms with Crippen LogP contribution in [0.2, 0.25) is 0 Å². The van der Waals surface area contributed by atoms with E-state index in [2.05, 4.69) is 6.07 Å². The molecule has 3 nitrogen and oxygen atoms in total. The van der Waals surface area contributed by atoms with E-state index in [0.29, 0.717) is 0 Å². The zero-order valence-corrected chi connectivity index (χ0v) is 10.2. The van der Waals surface area contributed by atoms with Crippen molar-refractivity contribution in [1.29, 1.82) is 0 Å². The van der Waals surface area contributed by atoms with Crippen molar-refractivity contribution >= 4 is 0 Å². The Morgan fingerprint density at radius 1 is 1.19 bits per heavy atom. The van der Waals surface area contributed by atoms with Crippen molar-refractivity contribution in [3.63, 3.8) is 0 Å². The Morgan fingerprint density at radius 3 is 2.62 bits per heavy atom. The van der Waals surface area contributed by atoms with Crippen LogP contribution < -0.4 is 9.47 Å². The Kier molecular flexibility index (Phi) is 5.72. The zero-order valence-electron chi connectivity index (χ0n) is 10.2. The lowest BCUT2D eigenvalue weighted by atomic mass is 10.1. The van der Waals surface area contributed by atoms with Crippen LogP contribution in [0, 0.1) is 6.07 Å². The lowest BCUT2D eigenvalue weighted by Gasteiger charge is -2.12. The fourth-order valence-corrected chi connectivity index (χ4v) is 1.59. The number of ether oxygens (including phenoxy) is 3. The molecule has 0 amide bonds. The topological polar surface area (TPSA) is 27.7 Å². The lowest BCUT2D eigenvalue weighted by Crippen LogP contribution is -1.99. The number of hydrogen-bond donors (Lipinski definition) is 0. The van der Waals surface area contributed by atoms with Crippen molar-refractivity contribution in [3.8, 4) is 11.5 Å². The maximum atomic E-state index is 5.34. The van der Waals surface area contributed by atoms with Gasteiger partial charge < -0.3 is 14.2 Å². The molecule has 1 rings (SSSR count). The Morgan fingerprint density at radius 2 is 2.00 bits per heavy atom. The highest BCUT2D eigenvalue weighted by molar-refractivity contribution is 5.46. The summed E-state index contributed by atoms with van der Waals surface area (Å²) < 4.78 is 15.9. The largest absolute Gasteiger partial charge is 0.493 e. The van der Waals surface area contributed by atoms with Gasteiger partial charge >= 0.3 is 0 Å². The summed E-state index contributed by atoms with van der Waals surface area (Å²) in [6.07, 6.45) is 1.89. The molecule has 0 aliphatic heterocycles. The molecule has 0 unspecified atom stereocenters. The van der Waals surface area contributed by atoms with Crippen LogP contribution in [0.4, 0.5) is 0 Å². The molecule has 1 aromatic carbocycles. The second-order valence-electron chi connectivity index (χ2n) is 3.38. The summed E-state index contributed by atoms with van der Waals surface area (Å²) in [5, 5.41) is 0. The van der Waals surface area contributed by atoms with Gasteiger partial charge in [-0.3, -0.25) is 0 Å². The number of benzene rings is 1. The second-order valence-corrected chi connectivity index (χ2v) is 3.38. The van der Waals surface area contributed by atoms with Crippen LogP contribution in [0.15, 0.2) is 12.1 Å². The highest BCUT2D eigenvalue weighted by atomic mass is 16.5. The van der Waals surface area contributed by atoms with Crippen LogP contribution >= 0.6 is 0 Å². The molecule has 3 heteroatoms. The predicted octanol–water partition coefficient (Wildman–Crippen LogP) is 2.47. The van der Waals surface area contributed by atoms with Gasteiger partial charge in [-0.2, -0.15) is 0 Å². The van der Waals surface area contributed by atoms with Crippen molar-refractivity contribution in [2.45, 2.75) is 19.8 Å². The Labute approximate surface area is 97.3 Å². The summed E-state index contributed by atoms with van der Waals surface area (Å²) in [5.74, 6) is 1.54. The standard InChI is InChI=1S/C13H19O3/c1-4-16-10-6-8-11-7-5-9-12(14-2)13(11)15-3/h7,9H,4,6,8,10H2,1-3H3. The van der Waals surface area contributed by atoms with E-state index in [1.807, 2.05) is 13.0 Å². The third-order valence-corrected chi connectivity index (χ3v) is 2.35. The molecular formula is C13H19O3. The van der Waals surface area contributed by atoms with Crippen LogP contribution in [-0.4, -0.2) is 27.4 Å². The van der Waals surface area contributed by atoms with E-state index in [4.69, 9.17) is 14.2 Å². The monoisotopic (exact) mass is 223 g/mol. The third kappa shape index (κ3) is 3.42. The number of methoxy groups -OCH3 is 2. The van der Waals surface area contributed by atoms with Crippen LogP contribution in [0.1, 0.15) is 18.9 Å². The van der Waals surface area contributed by atoms with Gasteiger partial charge in [0.15, 0.2) is 11.5 Å². The van der Waals surface area contributed by atoms with Gasteiger partial charge in [0, 0.05) is 13.2 Å². The van der Waals surface area contributed by atoms with Crippen molar-refractivity contribution < 1.29 is 14.2 Å². The van der Waals surface area contributed by atoms with E-state index in [0.717, 1.165) is 43.1 Å². The summed E-state index contributed by atoms with van der Waals surface area (Å²) in [4.78, 5) is 0. The first-order valence-corrected chi connectivity index (χ1v) is 5.52. The molecule has 1 aromatic rings. The summed E-state index contributed by atoms with van der Waals surface area (Å²) in [6.45, 7) is 3.54. The molecule has 0 atom stereocenters. The highest BCUT2D eigenvalue weighted by Gasteiger charge is 2.08. The number of aryl methyl sites for hydroxylation is 1. The van der Waals surface area contributed by atoms with E-state index >= 15 is 0 Å². The van der Waals surface area contributed by atoms with Gasteiger partial charge in [0.1, 0.15) is 0 Å². The van der Waals surface area contributed by atoms with E-state index in [-0.39, 0.29) is 0 Å². The average molecular weight is 223 g/mol. The molecule has 0 aromatic heterocycles. The van der Waals surface area contributed by atoms with Gasteiger partial charge in [0.25, 0.3) is 0 Å². The minimum atomic E-state index is 0.733. The minimum absolute atomic E-state index is 0.733. The molecular weight excluding hydrogens is 204 g/mol. The molecule has 0 bridgehead atoms. The Bertz CT molecular complexity index is 310. The van der Waals surface area contributed by atoms with Gasteiger partial charge in [0.2, 0.25) is 0 Å². The number of rotatable bonds is 7. The minimum Gasteiger partial charge on any atom is -0.493 e. The van der Waals surface area contributed by atoms with Gasteiger partial charge in [-0.05, 0) is 43.5 Å². The maximum absolute atomic E-state index is 5.34. The van der Waals surface area contributed by atoms with Crippen LogP contribution in [-0.2, 0) is 11.2 Å². The first-order valence-electron chi connectivity index (χ1n) is 5.52. The second kappa shape index (κ2) is 7.12. The molecule has 0 saturated heterocycles. The molecule has 16 heavy (non-hydrogen) atoms. The van der Waals surface area contributed by atoms with Crippen molar-refractivity contribution in [2.24, 2.45) is 0 Å². The van der Waals surface area contributed by atoms with Gasteiger partial charge in [-0.15, -0.1) is 0 Å². The molecule has 89 valence electrons. The molecule has 0 aliphatic carbocycles. The summed E-state index contributed by atoms with van der Waals surface area (Å²) >= 11 is 0. The average Bonchev–Trinajstić information content (AvgIpc) is 2.34. The smallest absolute Gasteiger partial charge is 0.163 e. The fraction of sp³-hybridized carbons (Fsp3) is 0.538. The Balaban J connectivity index is 2.63. The van der Waals surface area contributed by atoms with Gasteiger partial charge in [-0.25, -0.2) is 0 Å². The third-order valence-electron chi connectivity index (χ3n) is 2.35. The van der Waals surface area contributed by atoms with Crippen molar-refractivity contribution in [1.82, 2.24) is 0 Å². The molecule has 0 heterocycles. The predicted molar refractivity (Wildman–Crippen MR) is 63.2 cm³/mol. The first-order chi connectivity index (χ1) is 7.83. The maximum Gasteiger partial charge on any atom is 0.163 e. The zero-order chi connectivity index (χ0) is 11.8. The normalized spacial score (nSPS) is 10.2. The summed E-state index contributed by atoms with van der Waals surface area (Å²) in [5.41, 5.74) is 1.11. The van der Waals surface area contributed by atoms with E-state index in [9.17, 15) is 0 Å². The SMILES string of the molecule is CCOCCCc1c[c]cc(OC)c1OC. The van der Waals surface area contributed by atoms with E-state index in [1.165, 1.54) is 0 Å². The summed E-state index contributed by atoms with van der Waals surface area (Å²) in [6, 6.07) is 6.77. The molecule has 0 spiro atoms. The van der Waals surface area contributed by atoms with E-state index < -0.39 is 0 Å². The number of hydrogen-bond acceptors (Lipinski definition) is 3. The first kappa shape index (κ1) is 12.8. The van der Waals surface area contributed by atoms with Crippen LogP contribution in [0.25, 0.3) is 0 Å². The Hall–Kier alpha value is -1.22. The lowest BCUT2D eigenvalue weighted by molar-refractivity contribution is 0.145.